The van der Waals surface area contributed by atoms with Crippen molar-refractivity contribution in [3.05, 3.63) is 34.3 Å². The monoisotopic (exact) mass is 410 g/mol. The van der Waals surface area contributed by atoms with Gasteiger partial charge in [-0.3, -0.25) is 4.79 Å². The number of rotatable bonds is 4. The second-order valence-corrected chi connectivity index (χ2v) is 8.37. The van der Waals surface area contributed by atoms with Crippen LogP contribution in [0.5, 0.6) is 0 Å². The molecule has 1 aliphatic heterocycles. The lowest BCUT2D eigenvalue weighted by Gasteiger charge is -2.33. The second-order valence-electron chi connectivity index (χ2n) is 7.45. The quantitative estimate of drug-likeness (QED) is 0.818. The fourth-order valence-corrected chi connectivity index (χ4v) is 3.12. The number of nitrogens with zero attached hydrogens (tertiary/aromatic N) is 1. The highest BCUT2D eigenvalue weighted by Crippen LogP contribution is 2.15. The predicted octanol–water partition coefficient (Wildman–Crippen LogP) is 3.90. The van der Waals surface area contributed by atoms with Crippen LogP contribution in [0.15, 0.2) is 28.7 Å². The Morgan fingerprint density at radius 3 is 2.60 bits per heavy atom. The van der Waals surface area contributed by atoms with Gasteiger partial charge in [-0.2, -0.15) is 0 Å². The van der Waals surface area contributed by atoms with E-state index in [1.165, 1.54) is 0 Å². The van der Waals surface area contributed by atoms with E-state index in [1.807, 2.05) is 49.9 Å². The summed E-state index contributed by atoms with van der Waals surface area (Å²) in [6, 6.07) is 7.99. The first kappa shape index (κ1) is 19.8. The number of carbonyl (C=O) groups is 2. The van der Waals surface area contributed by atoms with E-state index in [9.17, 15) is 9.59 Å². The number of amides is 2. The maximum Gasteiger partial charge on any atom is 0.407 e. The zero-order valence-electron chi connectivity index (χ0n) is 15.2. The highest BCUT2D eigenvalue weighted by Gasteiger charge is 2.26. The van der Waals surface area contributed by atoms with Crippen LogP contribution < -0.4 is 5.32 Å². The number of likely N-dealkylation sites (tertiary alicyclic amines) is 1. The molecule has 1 aliphatic rings. The lowest BCUT2D eigenvalue weighted by atomic mass is 10.0. The third kappa shape index (κ3) is 7.06. The first-order valence-electron chi connectivity index (χ1n) is 8.75. The topological polar surface area (TPSA) is 58.6 Å². The van der Waals surface area contributed by atoms with Crippen molar-refractivity contribution in [1.29, 1.82) is 0 Å². The van der Waals surface area contributed by atoms with E-state index in [1.54, 1.807) is 0 Å². The second kappa shape index (κ2) is 8.70. The summed E-state index contributed by atoms with van der Waals surface area (Å²) in [5.41, 5.74) is 0.635. The van der Waals surface area contributed by atoms with Gasteiger partial charge in [0.2, 0.25) is 5.91 Å². The summed E-state index contributed by atoms with van der Waals surface area (Å²) >= 11 is 3.41. The minimum atomic E-state index is -0.515. The van der Waals surface area contributed by atoms with E-state index in [2.05, 4.69) is 21.2 Å². The molecule has 2 amide bonds. The molecule has 0 aromatic heterocycles. The lowest BCUT2D eigenvalue weighted by Crippen LogP contribution is -2.50. The fourth-order valence-electron chi connectivity index (χ4n) is 2.86. The molecular formula is C19H27BrN2O3. The normalized spacial score (nSPS) is 17.9. The molecule has 1 aromatic carbocycles. The number of benzene rings is 1. The SMILES string of the molecule is CC(C)(C)OC(=O)NC1CCCN(C(=O)CCc2ccc(Br)cc2)C1. The molecule has 6 heteroatoms. The molecule has 25 heavy (non-hydrogen) atoms. The van der Waals surface area contributed by atoms with Gasteiger partial charge in [-0.15, -0.1) is 0 Å². The molecule has 0 radical (unpaired) electrons. The standard InChI is InChI=1S/C19H27BrN2O3/c1-19(2,3)25-18(24)21-16-5-4-12-22(13-16)17(23)11-8-14-6-9-15(20)10-7-14/h6-7,9-10,16H,4-5,8,11-13H2,1-3H3,(H,21,24). The van der Waals surface area contributed by atoms with Gasteiger partial charge in [0.25, 0.3) is 0 Å². The maximum atomic E-state index is 12.5. The van der Waals surface area contributed by atoms with Crippen molar-refractivity contribution in [3.63, 3.8) is 0 Å². The van der Waals surface area contributed by atoms with Gasteiger partial charge in [0.1, 0.15) is 5.60 Å². The molecule has 1 heterocycles. The molecule has 1 atom stereocenters. The number of nitrogens with one attached hydrogen (secondary N) is 1. The van der Waals surface area contributed by atoms with Crippen LogP contribution in [0.1, 0.15) is 45.6 Å². The number of alkyl carbamates (subject to hydrolysis) is 1. The Kier molecular flexibility index (Phi) is 6.87. The molecule has 5 nitrogen and oxygen atoms in total. The van der Waals surface area contributed by atoms with Crippen LogP contribution in [0.4, 0.5) is 4.79 Å². The smallest absolute Gasteiger partial charge is 0.407 e. The van der Waals surface area contributed by atoms with Crippen molar-refractivity contribution >= 4 is 27.9 Å². The van der Waals surface area contributed by atoms with Crippen molar-refractivity contribution < 1.29 is 14.3 Å². The summed E-state index contributed by atoms with van der Waals surface area (Å²) in [6.07, 6.45) is 2.56. The van der Waals surface area contributed by atoms with Crippen molar-refractivity contribution in [3.8, 4) is 0 Å². The van der Waals surface area contributed by atoms with Crippen molar-refractivity contribution in [2.75, 3.05) is 13.1 Å². The van der Waals surface area contributed by atoms with Crippen molar-refractivity contribution in [2.45, 2.75) is 58.1 Å². The highest BCUT2D eigenvalue weighted by atomic mass is 79.9. The highest BCUT2D eigenvalue weighted by molar-refractivity contribution is 9.10. The Bertz CT molecular complexity index is 596. The molecule has 1 unspecified atom stereocenters. The number of piperidine rings is 1. The van der Waals surface area contributed by atoms with Crippen LogP contribution in [-0.4, -0.2) is 41.6 Å². The Hall–Kier alpha value is -1.56. The number of aryl methyl sites for hydroxylation is 1. The van der Waals surface area contributed by atoms with Gasteiger partial charge in [0.15, 0.2) is 0 Å². The Labute approximate surface area is 158 Å². The molecule has 0 spiro atoms. The Morgan fingerprint density at radius 1 is 1.28 bits per heavy atom. The zero-order chi connectivity index (χ0) is 18.4. The molecule has 0 aliphatic carbocycles. The van der Waals surface area contributed by atoms with Gasteiger partial charge < -0.3 is 15.0 Å². The molecule has 1 aromatic rings. The van der Waals surface area contributed by atoms with Crippen LogP contribution in [-0.2, 0) is 16.0 Å². The first-order chi connectivity index (χ1) is 11.7. The average molecular weight is 411 g/mol. The molecule has 138 valence electrons. The molecule has 1 fully saturated rings. The molecule has 0 bridgehead atoms. The van der Waals surface area contributed by atoms with E-state index in [4.69, 9.17) is 4.74 Å². The summed E-state index contributed by atoms with van der Waals surface area (Å²) in [5.74, 6) is 0.138. The minimum absolute atomic E-state index is 0.0415. The summed E-state index contributed by atoms with van der Waals surface area (Å²) in [7, 11) is 0. The molecule has 0 saturated carbocycles. The molecule has 1 N–H and O–H groups in total. The van der Waals surface area contributed by atoms with Crippen molar-refractivity contribution in [1.82, 2.24) is 10.2 Å². The fraction of sp³-hybridized carbons (Fsp3) is 0.579. The van der Waals surface area contributed by atoms with Crippen LogP contribution in [0.25, 0.3) is 0 Å². The van der Waals surface area contributed by atoms with Gasteiger partial charge in [0, 0.05) is 30.0 Å². The Morgan fingerprint density at radius 2 is 1.96 bits per heavy atom. The van der Waals surface area contributed by atoms with E-state index < -0.39 is 11.7 Å². The summed E-state index contributed by atoms with van der Waals surface area (Å²) < 4.78 is 6.33. The molecular weight excluding hydrogens is 384 g/mol. The predicted molar refractivity (Wildman–Crippen MR) is 101 cm³/mol. The Balaban J connectivity index is 1.80. The number of ether oxygens (including phenoxy) is 1. The minimum Gasteiger partial charge on any atom is -0.444 e. The van der Waals surface area contributed by atoms with E-state index >= 15 is 0 Å². The van der Waals surface area contributed by atoms with E-state index in [0.29, 0.717) is 13.0 Å². The number of hydrogen-bond acceptors (Lipinski definition) is 3. The van der Waals surface area contributed by atoms with E-state index in [-0.39, 0.29) is 11.9 Å². The van der Waals surface area contributed by atoms with Gasteiger partial charge in [0.05, 0.1) is 0 Å². The van der Waals surface area contributed by atoms with Gasteiger partial charge in [-0.1, -0.05) is 28.1 Å². The van der Waals surface area contributed by atoms with Crippen molar-refractivity contribution in [2.24, 2.45) is 0 Å². The number of halogens is 1. The average Bonchev–Trinajstić information content (AvgIpc) is 2.52. The molecule has 1 saturated heterocycles. The lowest BCUT2D eigenvalue weighted by molar-refractivity contribution is -0.132. The van der Waals surface area contributed by atoms with Crippen LogP contribution in [0.2, 0.25) is 0 Å². The zero-order valence-corrected chi connectivity index (χ0v) is 16.8. The van der Waals surface area contributed by atoms with Gasteiger partial charge >= 0.3 is 6.09 Å². The van der Waals surface area contributed by atoms with Crippen LogP contribution in [0.3, 0.4) is 0 Å². The van der Waals surface area contributed by atoms with Gasteiger partial charge in [-0.05, 0) is 57.7 Å². The summed E-state index contributed by atoms with van der Waals surface area (Å²) in [5, 5.41) is 2.88. The van der Waals surface area contributed by atoms with E-state index in [0.717, 1.165) is 35.8 Å². The number of carbonyl (C=O) groups excluding carboxylic acids is 2. The van der Waals surface area contributed by atoms with Crippen LogP contribution >= 0.6 is 15.9 Å². The largest absolute Gasteiger partial charge is 0.444 e. The van der Waals surface area contributed by atoms with Crippen LogP contribution in [0, 0.1) is 0 Å². The third-order valence-corrected chi connectivity index (χ3v) is 4.56. The summed E-state index contributed by atoms with van der Waals surface area (Å²) in [6.45, 7) is 6.83. The van der Waals surface area contributed by atoms with Gasteiger partial charge in [-0.25, -0.2) is 4.79 Å². The first-order valence-corrected chi connectivity index (χ1v) is 9.54. The third-order valence-electron chi connectivity index (χ3n) is 4.04. The maximum absolute atomic E-state index is 12.5. The summed E-state index contributed by atoms with van der Waals surface area (Å²) in [4.78, 5) is 26.2. The number of hydrogen-bond donors (Lipinski definition) is 1. The molecule has 2 rings (SSSR count).